The first kappa shape index (κ1) is 9.26. The molecule has 0 spiro atoms. The Morgan fingerprint density at radius 1 is 1.29 bits per heavy atom. The van der Waals surface area contributed by atoms with Crippen molar-refractivity contribution in [2.24, 2.45) is 7.05 Å². The van der Waals surface area contributed by atoms with Crippen LogP contribution in [0.3, 0.4) is 0 Å². The third kappa shape index (κ3) is 1.31. The molecule has 0 bridgehead atoms. The Balaban J connectivity index is 2.59. The molecule has 0 radical (unpaired) electrons. The lowest BCUT2D eigenvalue weighted by Crippen LogP contribution is -2.42. The lowest BCUT2D eigenvalue weighted by molar-refractivity contribution is -0.693. The summed E-state index contributed by atoms with van der Waals surface area (Å²) in [4.78, 5) is 7.37. The summed E-state index contributed by atoms with van der Waals surface area (Å²) in [5.41, 5.74) is 1.07. The number of aromatic nitrogens is 5. The average molecular weight is 210 g/mol. The first-order valence-electron chi connectivity index (χ1n) is 4.32. The predicted molar refractivity (Wildman–Crippen MR) is 52.4 cm³/mol. The van der Waals surface area contributed by atoms with Gasteiger partial charge in [0.05, 0.1) is 7.05 Å². The van der Waals surface area contributed by atoms with Crippen LogP contribution in [-0.2, 0) is 7.05 Å². The van der Waals surface area contributed by atoms with Gasteiger partial charge in [-0.25, -0.2) is 0 Å². The number of aryl methyl sites for hydroxylation is 4. The SMILES string of the molecule is Cc1nc(-[n+]2c(C)nnn2C)sc1C. The molecule has 74 valence electrons. The summed E-state index contributed by atoms with van der Waals surface area (Å²) >= 11 is 1.65. The minimum absolute atomic E-state index is 0.848. The predicted octanol–water partition coefficient (Wildman–Crippen LogP) is 0.474. The Bertz CT molecular complexity index is 431. The molecule has 0 fully saturated rings. The second-order valence-corrected chi connectivity index (χ2v) is 4.36. The number of thiazole rings is 1. The van der Waals surface area contributed by atoms with Crippen molar-refractivity contribution in [1.29, 1.82) is 0 Å². The summed E-state index contributed by atoms with van der Waals surface area (Å²) in [6, 6.07) is 0. The van der Waals surface area contributed by atoms with E-state index in [0.29, 0.717) is 0 Å². The molecule has 0 aliphatic rings. The molecule has 2 heterocycles. The fourth-order valence-corrected chi connectivity index (χ4v) is 2.22. The molecule has 2 aromatic rings. The number of hydrogen-bond acceptors (Lipinski definition) is 4. The zero-order valence-corrected chi connectivity index (χ0v) is 9.46. The van der Waals surface area contributed by atoms with E-state index in [1.165, 1.54) is 4.88 Å². The second kappa shape index (κ2) is 3.13. The Kier molecular flexibility index (Phi) is 2.07. The molecular weight excluding hydrogens is 198 g/mol. The van der Waals surface area contributed by atoms with E-state index in [4.69, 9.17) is 0 Å². The van der Waals surface area contributed by atoms with Crippen molar-refractivity contribution in [3.8, 4) is 5.13 Å². The van der Waals surface area contributed by atoms with Gasteiger partial charge in [0.2, 0.25) is 0 Å². The van der Waals surface area contributed by atoms with Crippen LogP contribution in [0.25, 0.3) is 5.13 Å². The molecule has 0 aromatic carbocycles. The van der Waals surface area contributed by atoms with E-state index < -0.39 is 0 Å². The van der Waals surface area contributed by atoms with E-state index in [0.717, 1.165) is 16.6 Å². The van der Waals surface area contributed by atoms with E-state index in [2.05, 4.69) is 22.2 Å². The lowest BCUT2D eigenvalue weighted by atomic mass is 10.4. The Labute approximate surface area is 86.0 Å². The fourth-order valence-electron chi connectivity index (χ4n) is 1.23. The minimum atomic E-state index is 0.848. The maximum absolute atomic E-state index is 4.46. The van der Waals surface area contributed by atoms with Crippen LogP contribution in [-0.4, -0.2) is 20.1 Å². The van der Waals surface area contributed by atoms with E-state index in [9.17, 15) is 0 Å². The van der Waals surface area contributed by atoms with E-state index >= 15 is 0 Å². The molecule has 0 aliphatic heterocycles. The Hall–Kier alpha value is -1.30. The van der Waals surface area contributed by atoms with Crippen molar-refractivity contribution in [1.82, 2.24) is 20.1 Å². The van der Waals surface area contributed by atoms with Gasteiger partial charge in [-0.3, -0.25) is 0 Å². The van der Waals surface area contributed by atoms with Gasteiger partial charge in [-0.05, 0) is 13.8 Å². The minimum Gasteiger partial charge on any atom is -0.127 e. The normalized spacial score (nSPS) is 10.9. The van der Waals surface area contributed by atoms with Crippen molar-refractivity contribution >= 4 is 11.3 Å². The van der Waals surface area contributed by atoms with Gasteiger partial charge in [-0.2, -0.15) is 0 Å². The van der Waals surface area contributed by atoms with E-state index in [1.807, 2.05) is 25.6 Å². The van der Waals surface area contributed by atoms with Crippen molar-refractivity contribution < 1.29 is 4.68 Å². The highest BCUT2D eigenvalue weighted by Crippen LogP contribution is 2.15. The average Bonchev–Trinajstić information content (AvgIpc) is 2.59. The molecule has 6 heteroatoms. The Morgan fingerprint density at radius 3 is 2.43 bits per heavy atom. The van der Waals surface area contributed by atoms with Crippen LogP contribution in [0.5, 0.6) is 0 Å². The topological polar surface area (TPSA) is 47.5 Å². The molecule has 0 amide bonds. The molecule has 0 atom stereocenters. The number of rotatable bonds is 1. The van der Waals surface area contributed by atoms with Crippen LogP contribution in [0.2, 0.25) is 0 Å². The molecule has 0 aliphatic carbocycles. The second-order valence-electron chi connectivity index (χ2n) is 3.18. The molecule has 14 heavy (non-hydrogen) atoms. The van der Waals surface area contributed by atoms with Crippen LogP contribution >= 0.6 is 11.3 Å². The van der Waals surface area contributed by atoms with E-state index in [1.54, 1.807) is 16.1 Å². The van der Waals surface area contributed by atoms with Gasteiger partial charge in [0.25, 0.3) is 5.82 Å². The van der Waals surface area contributed by atoms with Crippen molar-refractivity contribution in [3.05, 3.63) is 16.4 Å². The summed E-state index contributed by atoms with van der Waals surface area (Å²) in [6.45, 7) is 5.99. The standard InChI is InChI=1S/C8H12N5S/c1-5-6(2)14-8(9-5)13-7(3)10-11-12(13)4/h1-4H3/q+1. The molecule has 2 aromatic heterocycles. The third-order valence-electron chi connectivity index (χ3n) is 2.11. The number of nitrogens with zero attached hydrogens (tertiary/aromatic N) is 5. The van der Waals surface area contributed by atoms with Crippen molar-refractivity contribution in [2.75, 3.05) is 0 Å². The fraction of sp³-hybridized carbons (Fsp3) is 0.500. The summed E-state index contributed by atoms with van der Waals surface area (Å²) in [5.74, 6) is 0.848. The highest BCUT2D eigenvalue weighted by molar-refractivity contribution is 7.13. The van der Waals surface area contributed by atoms with Crippen molar-refractivity contribution in [2.45, 2.75) is 20.8 Å². The van der Waals surface area contributed by atoms with Crippen LogP contribution in [0, 0.1) is 20.8 Å². The first-order valence-corrected chi connectivity index (χ1v) is 5.14. The van der Waals surface area contributed by atoms with Gasteiger partial charge < -0.3 is 0 Å². The smallest absolute Gasteiger partial charge is 0.127 e. The zero-order chi connectivity index (χ0) is 10.3. The summed E-state index contributed by atoms with van der Waals surface area (Å²) in [6.07, 6.45) is 0. The summed E-state index contributed by atoms with van der Waals surface area (Å²) < 4.78 is 1.89. The molecule has 0 saturated heterocycles. The summed E-state index contributed by atoms with van der Waals surface area (Å²) in [7, 11) is 1.85. The van der Waals surface area contributed by atoms with Gasteiger partial charge >= 0.3 is 5.13 Å². The largest absolute Gasteiger partial charge is 0.313 e. The highest BCUT2D eigenvalue weighted by atomic mass is 32.1. The molecule has 0 saturated carbocycles. The van der Waals surface area contributed by atoms with Gasteiger partial charge in [0.1, 0.15) is 10.9 Å². The molecule has 5 nitrogen and oxygen atoms in total. The summed E-state index contributed by atoms with van der Waals surface area (Å²) in [5, 5.41) is 8.82. The molecular formula is C8H12N5S+. The number of tetrazole rings is 1. The number of hydrogen-bond donors (Lipinski definition) is 0. The zero-order valence-electron chi connectivity index (χ0n) is 8.64. The van der Waals surface area contributed by atoms with Crippen molar-refractivity contribution in [3.63, 3.8) is 0 Å². The maximum atomic E-state index is 4.46. The quantitative estimate of drug-likeness (QED) is 0.643. The molecule has 2 rings (SSSR count). The third-order valence-corrected chi connectivity index (χ3v) is 3.16. The molecule has 0 N–H and O–H groups in total. The van der Waals surface area contributed by atoms with Gasteiger partial charge in [0.15, 0.2) is 0 Å². The van der Waals surface area contributed by atoms with Crippen LogP contribution in [0.1, 0.15) is 16.4 Å². The Morgan fingerprint density at radius 2 is 2.00 bits per heavy atom. The highest BCUT2D eigenvalue weighted by Gasteiger charge is 2.19. The molecule has 0 unspecified atom stereocenters. The van der Waals surface area contributed by atoms with Gasteiger partial charge in [-0.15, -0.1) is 9.67 Å². The van der Waals surface area contributed by atoms with Gasteiger partial charge in [0, 0.05) is 16.9 Å². The van der Waals surface area contributed by atoms with E-state index in [-0.39, 0.29) is 0 Å². The van der Waals surface area contributed by atoms with Crippen LogP contribution < -0.4 is 4.68 Å². The maximum Gasteiger partial charge on any atom is 0.313 e. The van der Waals surface area contributed by atoms with Crippen LogP contribution in [0.15, 0.2) is 0 Å². The van der Waals surface area contributed by atoms with Gasteiger partial charge in [-0.1, -0.05) is 16.1 Å². The van der Waals surface area contributed by atoms with Crippen LogP contribution in [0.4, 0.5) is 0 Å². The monoisotopic (exact) mass is 210 g/mol. The lowest BCUT2D eigenvalue weighted by Gasteiger charge is -1.92. The first-order chi connectivity index (χ1) is 6.59.